The molecule has 0 saturated carbocycles. The molecule has 2 saturated heterocycles. The first-order valence-electron chi connectivity index (χ1n) is 12.6. The number of ketones is 1. The summed E-state index contributed by atoms with van der Waals surface area (Å²) in [7, 11) is 0. The number of likely N-dealkylation sites (tertiary alicyclic amines) is 2. The van der Waals surface area contributed by atoms with Crippen LogP contribution in [0, 0.1) is 0 Å². The predicted octanol–water partition coefficient (Wildman–Crippen LogP) is -0.256. The highest BCUT2D eigenvalue weighted by molar-refractivity contribution is 5.98. The number of carbonyl (C=O) groups excluding carboxylic acids is 4. The third-order valence-corrected chi connectivity index (χ3v) is 7.35. The average molecular weight is 503 g/mol. The van der Waals surface area contributed by atoms with Gasteiger partial charge in [0.05, 0.1) is 12.2 Å². The minimum Gasteiger partial charge on any atom is -0.391 e. The minimum absolute atomic E-state index is 0.226. The summed E-state index contributed by atoms with van der Waals surface area (Å²) in [5.74, 6) is -1.74. The van der Waals surface area contributed by atoms with Crippen molar-refractivity contribution in [3.05, 3.63) is 35.9 Å². The first-order chi connectivity index (χ1) is 17.0. The van der Waals surface area contributed by atoms with Crippen molar-refractivity contribution in [2.24, 2.45) is 5.73 Å². The van der Waals surface area contributed by atoms with Crippen LogP contribution in [0.4, 0.5) is 0 Å². The molecular formula is C26H38N4O6. The number of nitrogens with one attached hydrogen (secondary N) is 1. The van der Waals surface area contributed by atoms with Crippen LogP contribution >= 0.6 is 0 Å². The van der Waals surface area contributed by atoms with E-state index >= 15 is 0 Å². The number of nitrogens with zero attached hydrogens (tertiary/aromatic N) is 2. The number of carbonyl (C=O) groups is 4. The van der Waals surface area contributed by atoms with Crippen LogP contribution in [-0.4, -0.2) is 92.5 Å². The first-order valence-corrected chi connectivity index (χ1v) is 12.6. The Bertz CT molecular complexity index is 968. The van der Waals surface area contributed by atoms with Gasteiger partial charge >= 0.3 is 0 Å². The monoisotopic (exact) mass is 502 g/mol. The van der Waals surface area contributed by atoms with Crippen LogP contribution in [0.2, 0.25) is 0 Å². The van der Waals surface area contributed by atoms with E-state index in [1.807, 2.05) is 30.3 Å². The minimum atomic E-state index is -1.29. The van der Waals surface area contributed by atoms with Crippen molar-refractivity contribution in [1.82, 2.24) is 15.1 Å². The van der Waals surface area contributed by atoms with Crippen LogP contribution in [0.3, 0.4) is 0 Å². The molecule has 3 rings (SSSR count). The van der Waals surface area contributed by atoms with E-state index in [0.717, 1.165) is 5.56 Å². The maximum absolute atomic E-state index is 14.0. The number of amides is 3. The molecule has 10 nitrogen and oxygen atoms in total. The zero-order valence-electron chi connectivity index (χ0n) is 21.2. The molecule has 0 unspecified atom stereocenters. The van der Waals surface area contributed by atoms with Crippen molar-refractivity contribution in [2.75, 3.05) is 13.1 Å². The Labute approximate surface area is 211 Å². The van der Waals surface area contributed by atoms with Gasteiger partial charge in [0.25, 0.3) is 0 Å². The van der Waals surface area contributed by atoms with Gasteiger partial charge in [0, 0.05) is 19.5 Å². The van der Waals surface area contributed by atoms with Crippen molar-refractivity contribution in [1.29, 1.82) is 0 Å². The van der Waals surface area contributed by atoms with Gasteiger partial charge in [-0.2, -0.15) is 0 Å². The molecule has 2 aliphatic rings. The van der Waals surface area contributed by atoms with Gasteiger partial charge in [-0.3, -0.25) is 19.2 Å². The largest absolute Gasteiger partial charge is 0.391 e. The molecule has 0 bridgehead atoms. The molecule has 0 aliphatic carbocycles. The topological polar surface area (TPSA) is 153 Å². The molecule has 3 amide bonds. The van der Waals surface area contributed by atoms with E-state index in [4.69, 9.17) is 5.73 Å². The van der Waals surface area contributed by atoms with Crippen molar-refractivity contribution >= 4 is 23.5 Å². The fraction of sp³-hybridized carbons (Fsp3) is 0.615. The third kappa shape index (κ3) is 5.61. The summed E-state index contributed by atoms with van der Waals surface area (Å²) in [6, 6.07) is 6.29. The zero-order chi connectivity index (χ0) is 26.6. The molecule has 5 N–H and O–H groups in total. The molecule has 0 aromatic heterocycles. The Morgan fingerprint density at radius 3 is 2.33 bits per heavy atom. The summed E-state index contributed by atoms with van der Waals surface area (Å²) in [5.41, 5.74) is 5.44. The van der Waals surface area contributed by atoms with Crippen molar-refractivity contribution in [3.8, 4) is 0 Å². The molecule has 2 fully saturated rings. The Morgan fingerprint density at radius 1 is 1.08 bits per heavy atom. The smallest absolute Gasteiger partial charge is 0.246 e. The van der Waals surface area contributed by atoms with Gasteiger partial charge in [-0.05, 0) is 52.0 Å². The summed E-state index contributed by atoms with van der Waals surface area (Å²) in [6.45, 7) is 4.82. The Kier molecular flexibility index (Phi) is 8.86. The average Bonchev–Trinajstić information content (AvgIpc) is 3.49. The van der Waals surface area contributed by atoms with Crippen LogP contribution in [0.15, 0.2) is 30.3 Å². The van der Waals surface area contributed by atoms with E-state index in [1.165, 1.54) is 25.7 Å². The predicted molar refractivity (Wildman–Crippen MR) is 133 cm³/mol. The second-order valence-electron chi connectivity index (χ2n) is 10.0. The second-order valence-corrected chi connectivity index (χ2v) is 10.0. The van der Waals surface area contributed by atoms with E-state index in [2.05, 4.69) is 5.32 Å². The lowest BCUT2D eigenvalue weighted by Gasteiger charge is -2.41. The van der Waals surface area contributed by atoms with Crippen LogP contribution in [-0.2, 0) is 25.6 Å². The molecule has 198 valence electrons. The van der Waals surface area contributed by atoms with Gasteiger partial charge in [0.1, 0.15) is 23.7 Å². The van der Waals surface area contributed by atoms with Gasteiger partial charge < -0.3 is 31.1 Å². The highest BCUT2D eigenvalue weighted by Gasteiger charge is 2.53. The lowest BCUT2D eigenvalue weighted by molar-refractivity contribution is -0.152. The molecule has 36 heavy (non-hydrogen) atoms. The first kappa shape index (κ1) is 27.8. The van der Waals surface area contributed by atoms with Gasteiger partial charge in [-0.15, -0.1) is 0 Å². The highest BCUT2D eigenvalue weighted by atomic mass is 16.3. The quantitative estimate of drug-likeness (QED) is 0.363. The van der Waals surface area contributed by atoms with Gasteiger partial charge in [-0.1, -0.05) is 30.3 Å². The molecule has 0 radical (unpaired) electrons. The molecule has 10 heteroatoms. The number of Topliss-reactive ketones (excluding diaryl/α,β-unsaturated/α-hetero) is 1. The number of hydrogen-bond acceptors (Lipinski definition) is 7. The number of aliphatic hydroxyl groups excluding tert-OH is 2. The maximum Gasteiger partial charge on any atom is 0.246 e. The molecule has 1 aromatic rings. The van der Waals surface area contributed by atoms with E-state index in [1.54, 1.807) is 4.90 Å². The van der Waals surface area contributed by atoms with E-state index < -0.39 is 47.7 Å². The fourth-order valence-electron chi connectivity index (χ4n) is 5.34. The van der Waals surface area contributed by atoms with Gasteiger partial charge in [-0.25, -0.2) is 0 Å². The van der Waals surface area contributed by atoms with Crippen LogP contribution in [0.25, 0.3) is 0 Å². The van der Waals surface area contributed by atoms with E-state index in [0.29, 0.717) is 38.8 Å². The zero-order valence-corrected chi connectivity index (χ0v) is 21.2. The number of nitrogens with two attached hydrogens (primary N) is 1. The van der Waals surface area contributed by atoms with Crippen molar-refractivity contribution < 1.29 is 29.4 Å². The highest BCUT2D eigenvalue weighted by Crippen LogP contribution is 2.36. The summed E-state index contributed by atoms with van der Waals surface area (Å²) < 4.78 is 0. The molecule has 2 aliphatic heterocycles. The van der Waals surface area contributed by atoms with Crippen molar-refractivity contribution in [3.63, 3.8) is 0 Å². The van der Waals surface area contributed by atoms with Crippen molar-refractivity contribution in [2.45, 2.75) is 88.7 Å². The number of benzene rings is 1. The SMILES string of the molecule is CC(=O)[C@@H](NC(=O)[C@@]1(Cc2ccccc2)CCCN1C(=O)[C@@H]1CCCN1C(=O)[C@@H](N)[C@@H](C)O)[C@@H](C)O. The summed E-state index contributed by atoms with van der Waals surface area (Å²) in [5, 5.41) is 22.6. The lowest BCUT2D eigenvalue weighted by atomic mass is 9.86. The molecular weight excluding hydrogens is 464 g/mol. The van der Waals surface area contributed by atoms with Crippen LogP contribution < -0.4 is 11.1 Å². The molecule has 6 atom stereocenters. The third-order valence-electron chi connectivity index (χ3n) is 7.35. The fourth-order valence-corrected chi connectivity index (χ4v) is 5.34. The van der Waals surface area contributed by atoms with Gasteiger partial charge in [0.15, 0.2) is 5.78 Å². The summed E-state index contributed by atoms with van der Waals surface area (Å²) >= 11 is 0. The van der Waals surface area contributed by atoms with Gasteiger partial charge in [0.2, 0.25) is 17.7 Å². The van der Waals surface area contributed by atoms with E-state index in [9.17, 15) is 29.4 Å². The number of aliphatic hydroxyl groups is 2. The lowest BCUT2D eigenvalue weighted by Crippen LogP contribution is -2.64. The summed E-state index contributed by atoms with van der Waals surface area (Å²) in [6.07, 6.45) is 0.0407. The van der Waals surface area contributed by atoms with Crippen LogP contribution in [0.5, 0.6) is 0 Å². The Morgan fingerprint density at radius 2 is 1.75 bits per heavy atom. The maximum atomic E-state index is 14.0. The standard InChI is InChI=1S/C26H38N4O6/c1-16(31)21(27)24(35)29-13-7-11-20(29)23(34)30-14-8-12-26(30,15-19-9-5-4-6-10-19)25(36)28-22(17(2)32)18(3)33/h4-6,9-10,16-17,20-22,31-32H,7-8,11-15,27H2,1-3H3,(H,28,36)/t16-,17-,20+,21+,22+,26+/m1/s1. The Balaban J connectivity index is 1.96. The molecule has 0 spiro atoms. The normalized spacial score (nSPS) is 25.2. The molecule has 2 heterocycles. The number of hydrogen-bond donors (Lipinski definition) is 4. The van der Waals surface area contributed by atoms with E-state index in [-0.39, 0.29) is 18.1 Å². The van der Waals surface area contributed by atoms with Crippen LogP contribution in [0.1, 0.15) is 52.0 Å². The number of rotatable bonds is 9. The molecule has 1 aromatic carbocycles. The Hall–Kier alpha value is -2.82. The second kappa shape index (κ2) is 11.5. The summed E-state index contributed by atoms with van der Waals surface area (Å²) in [4.78, 5) is 55.8.